The second-order valence-electron chi connectivity index (χ2n) is 4.69. The van der Waals surface area contributed by atoms with Crippen molar-refractivity contribution in [3.05, 3.63) is 0 Å². The second-order valence-corrected chi connectivity index (χ2v) is 4.69. The van der Waals surface area contributed by atoms with Crippen LogP contribution in [0.1, 0.15) is 12.8 Å². The molecule has 0 saturated carbocycles. The summed E-state index contributed by atoms with van der Waals surface area (Å²) in [5.41, 5.74) is -0.982. The van der Waals surface area contributed by atoms with Gasteiger partial charge in [0.05, 0.1) is 6.07 Å². The predicted molar refractivity (Wildman–Crippen MR) is 68.2 cm³/mol. The van der Waals surface area contributed by atoms with Crippen molar-refractivity contribution in [1.82, 2.24) is 15.5 Å². The molecule has 0 atom stereocenters. The highest BCUT2D eigenvalue weighted by molar-refractivity contribution is 5.85. The number of rotatable bonds is 4. The Morgan fingerprint density at radius 3 is 2.37 bits per heavy atom. The van der Waals surface area contributed by atoms with E-state index in [-0.39, 0.29) is 11.9 Å². The minimum atomic E-state index is -0.982. The highest BCUT2D eigenvalue weighted by Crippen LogP contribution is 2.29. The first-order valence-corrected chi connectivity index (χ1v) is 6.24. The number of urea groups is 1. The van der Waals surface area contributed by atoms with Gasteiger partial charge in [0.1, 0.15) is 5.41 Å². The van der Waals surface area contributed by atoms with Gasteiger partial charge < -0.3 is 20.3 Å². The molecular formula is C12H20N4O3. The number of hydrogen-bond acceptors (Lipinski definition) is 4. The average molecular weight is 268 g/mol. The van der Waals surface area contributed by atoms with Crippen LogP contribution in [-0.2, 0) is 9.53 Å². The van der Waals surface area contributed by atoms with E-state index >= 15 is 0 Å². The van der Waals surface area contributed by atoms with Gasteiger partial charge in [0.2, 0.25) is 5.91 Å². The van der Waals surface area contributed by atoms with E-state index in [1.807, 2.05) is 0 Å². The first-order valence-electron chi connectivity index (χ1n) is 6.24. The molecule has 0 aromatic carbocycles. The fourth-order valence-corrected chi connectivity index (χ4v) is 1.78. The molecule has 1 aliphatic rings. The lowest BCUT2D eigenvalue weighted by atomic mass is 9.81. The third-order valence-electron chi connectivity index (χ3n) is 3.09. The van der Waals surface area contributed by atoms with Crippen molar-refractivity contribution in [2.75, 3.05) is 40.4 Å². The Morgan fingerprint density at radius 1 is 1.26 bits per heavy atom. The highest BCUT2D eigenvalue weighted by Gasteiger charge is 2.40. The Kier molecular flexibility index (Phi) is 5.57. The van der Waals surface area contributed by atoms with E-state index < -0.39 is 5.41 Å². The number of hydrogen-bond donors (Lipinski definition) is 2. The standard InChI is InChI=1S/C12H20N4O3/c1-16(2)11(18)15-6-5-14-10(17)12(9-13)3-7-19-8-4-12/h3-8H2,1-2H3,(H,14,17)(H,15,18). The van der Waals surface area contributed by atoms with Gasteiger partial charge in [0.15, 0.2) is 0 Å². The molecule has 0 aliphatic carbocycles. The Hall–Kier alpha value is -1.81. The Bertz CT molecular complexity index is 370. The topological polar surface area (TPSA) is 94.5 Å². The number of ether oxygens (including phenoxy) is 1. The second kappa shape index (κ2) is 6.95. The van der Waals surface area contributed by atoms with Crippen molar-refractivity contribution in [2.24, 2.45) is 5.41 Å². The summed E-state index contributed by atoms with van der Waals surface area (Å²) in [5, 5.41) is 14.5. The van der Waals surface area contributed by atoms with Crippen LogP contribution >= 0.6 is 0 Å². The summed E-state index contributed by atoms with van der Waals surface area (Å²) in [4.78, 5) is 24.7. The number of carbonyl (C=O) groups is 2. The largest absolute Gasteiger partial charge is 0.381 e. The summed E-state index contributed by atoms with van der Waals surface area (Å²) in [6.45, 7) is 1.50. The normalized spacial score (nSPS) is 17.1. The molecule has 1 fully saturated rings. The molecule has 1 saturated heterocycles. The van der Waals surface area contributed by atoms with Gasteiger partial charge in [0.25, 0.3) is 0 Å². The summed E-state index contributed by atoms with van der Waals surface area (Å²) in [5.74, 6) is -0.280. The van der Waals surface area contributed by atoms with E-state index in [0.29, 0.717) is 39.1 Å². The van der Waals surface area contributed by atoms with E-state index in [9.17, 15) is 14.9 Å². The van der Waals surface area contributed by atoms with Gasteiger partial charge in [-0.15, -0.1) is 0 Å². The van der Waals surface area contributed by atoms with Crippen LogP contribution in [0.15, 0.2) is 0 Å². The SMILES string of the molecule is CN(C)C(=O)NCCNC(=O)C1(C#N)CCOCC1. The number of amides is 3. The smallest absolute Gasteiger partial charge is 0.316 e. The molecular weight excluding hydrogens is 248 g/mol. The summed E-state index contributed by atoms with van der Waals surface area (Å²) in [6, 6.07) is 1.88. The lowest BCUT2D eigenvalue weighted by Crippen LogP contribution is -2.46. The van der Waals surface area contributed by atoms with E-state index in [0.717, 1.165) is 0 Å². The zero-order valence-electron chi connectivity index (χ0n) is 11.4. The first kappa shape index (κ1) is 15.2. The molecule has 0 radical (unpaired) electrons. The van der Waals surface area contributed by atoms with Crippen molar-refractivity contribution >= 4 is 11.9 Å². The summed E-state index contributed by atoms with van der Waals surface area (Å²) < 4.78 is 5.17. The van der Waals surface area contributed by atoms with Crippen LogP contribution in [0.3, 0.4) is 0 Å². The third-order valence-corrected chi connectivity index (χ3v) is 3.09. The van der Waals surface area contributed by atoms with Crippen LogP contribution in [0.4, 0.5) is 4.79 Å². The molecule has 0 aromatic rings. The van der Waals surface area contributed by atoms with Crippen molar-refractivity contribution in [3.8, 4) is 6.07 Å². The van der Waals surface area contributed by atoms with Gasteiger partial charge in [-0.2, -0.15) is 5.26 Å². The van der Waals surface area contributed by atoms with Gasteiger partial charge in [-0.05, 0) is 12.8 Å². The molecule has 3 amide bonds. The van der Waals surface area contributed by atoms with E-state index in [4.69, 9.17) is 4.74 Å². The molecule has 1 aliphatic heterocycles. The van der Waals surface area contributed by atoms with Crippen LogP contribution < -0.4 is 10.6 Å². The van der Waals surface area contributed by atoms with Crippen LogP contribution in [0.25, 0.3) is 0 Å². The number of nitriles is 1. The van der Waals surface area contributed by atoms with Crippen LogP contribution in [0.2, 0.25) is 0 Å². The van der Waals surface area contributed by atoms with Gasteiger partial charge in [0, 0.05) is 40.4 Å². The minimum Gasteiger partial charge on any atom is -0.381 e. The maximum atomic E-state index is 12.0. The lowest BCUT2D eigenvalue weighted by Gasteiger charge is -2.29. The molecule has 7 nitrogen and oxygen atoms in total. The van der Waals surface area contributed by atoms with E-state index in [1.54, 1.807) is 14.1 Å². The van der Waals surface area contributed by atoms with Gasteiger partial charge in [-0.3, -0.25) is 4.79 Å². The van der Waals surface area contributed by atoms with E-state index in [2.05, 4.69) is 16.7 Å². The van der Waals surface area contributed by atoms with Gasteiger partial charge >= 0.3 is 6.03 Å². The predicted octanol–water partition coefficient (Wildman–Crippen LogP) is -0.306. The minimum absolute atomic E-state index is 0.213. The molecule has 106 valence electrons. The van der Waals surface area contributed by atoms with Crippen molar-refractivity contribution in [3.63, 3.8) is 0 Å². The van der Waals surface area contributed by atoms with Crippen molar-refractivity contribution in [1.29, 1.82) is 5.26 Å². The third kappa shape index (κ3) is 4.10. The summed E-state index contributed by atoms with van der Waals surface area (Å²) >= 11 is 0. The monoisotopic (exact) mass is 268 g/mol. The van der Waals surface area contributed by atoms with Crippen molar-refractivity contribution in [2.45, 2.75) is 12.8 Å². The molecule has 1 heterocycles. The fraction of sp³-hybridized carbons (Fsp3) is 0.750. The Morgan fingerprint density at radius 2 is 1.84 bits per heavy atom. The van der Waals surface area contributed by atoms with Crippen LogP contribution in [0, 0.1) is 16.7 Å². The first-order chi connectivity index (χ1) is 9.02. The molecule has 19 heavy (non-hydrogen) atoms. The van der Waals surface area contributed by atoms with Gasteiger partial charge in [-0.25, -0.2) is 4.79 Å². The Balaban J connectivity index is 2.34. The van der Waals surface area contributed by atoms with Crippen LogP contribution in [0.5, 0.6) is 0 Å². The summed E-state index contributed by atoms with van der Waals surface area (Å²) in [6.07, 6.45) is 0.832. The molecule has 0 spiro atoms. The molecule has 1 rings (SSSR count). The highest BCUT2D eigenvalue weighted by atomic mass is 16.5. The van der Waals surface area contributed by atoms with Crippen molar-refractivity contribution < 1.29 is 14.3 Å². The zero-order chi connectivity index (χ0) is 14.3. The molecule has 0 unspecified atom stereocenters. The van der Waals surface area contributed by atoms with E-state index in [1.165, 1.54) is 4.90 Å². The Labute approximate surface area is 112 Å². The quantitative estimate of drug-likeness (QED) is 0.684. The maximum Gasteiger partial charge on any atom is 0.316 e. The number of nitrogens with one attached hydrogen (secondary N) is 2. The molecule has 0 bridgehead atoms. The zero-order valence-corrected chi connectivity index (χ0v) is 11.4. The van der Waals surface area contributed by atoms with Gasteiger partial charge in [-0.1, -0.05) is 0 Å². The fourth-order valence-electron chi connectivity index (χ4n) is 1.78. The molecule has 0 aromatic heterocycles. The number of carbonyl (C=O) groups excluding carboxylic acids is 2. The lowest BCUT2D eigenvalue weighted by molar-refractivity contribution is -0.132. The number of nitrogens with zero attached hydrogens (tertiary/aromatic N) is 2. The van der Waals surface area contributed by atoms with Crippen LogP contribution in [-0.4, -0.2) is 57.2 Å². The molecule has 2 N–H and O–H groups in total. The average Bonchev–Trinajstić information content (AvgIpc) is 2.43. The maximum absolute atomic E-state index is 12.0. The summed E-state index contributed by atoms with van der Waals surface area (Å²) in [7, 11) is 3.28. The molecule has 7 heteroatoms.